The molecule has 0 rings (SSSR count). The summed E-state index contributed by atoms with van der Waals surface area (Å²) in [7, 11) is 0. The minimum absolute atomic E-state index is 0.937. The predicted octanol–water partition coefficient (Wildman–Crippen LogP) is 4.11. The van der Waals surface area contributed by atoms with Crippen LogP contribution in [0.5, 0.6) is 0 Å². The van der Waals surface area contributed by atoms with Gasteiger partial charge < -0.3 is 0 Å². The molecule has 64 valence electrons. The van der Waals surface area contributed by atoms with Gasteiger partial charge in [-0.25, -0.2) is 0 Å². The van der Waals surface area contributed by atoms with Gasteiger partial charge in [-0.2, -0.15) is 0 Å². The Morgan fingerprint density at radius 3 is 2.09 bits per heavy atom. The maximum absolute atomic E-state index is 3.71. The zero-order valence-corrected chi connectivity index (χ0v) is 8.06. The molecular formula is C11H20. The van der Waals surface area contributed by atoms with E-state index < -0.39 is 0 Å². The highest BCUT2D eigenvalue weighted by Crippen LogP contribution is 1.90. The number of allylic oxidation sites excluding steroid dienone is 4. The van der Waals surface area contributed by atoms with E-state index in [1.54, 1.807) is 0 Å². The van der Waals surface area contributed by atoms with Crippen molar-refractivity contribution < 1.29 is 0 Å². The van der Waals surface area contributed by atoms with Gasteiger partial charge in [-0.3, -0.25) is 0 Å². The van der Waals surface area contributed by atoms with Gasteiger partial charge >= 0.3 is 0 Å². The van der Waals surface area contributed by atoms with Crippen molar-refractivity contribution in [1.82, 2.24) is 0 Å². The topological polar surface area (TPSA) is 0 Å². The molecular weight excluding hydrogens is 132 g/mol. The van der Waals surface area contributed by atoms with Gasteiger partial charge in [0.05, 0.1) is 0 Å². The molecule has 0 nitrogen and oxygen atoms in total. The Morgan fingerprint density at radius 1 is 1.36 bits per heavy atom. The zero-order valence-electron chi connectivity index (χ0n) is 8.06. The van der Waals surface area contributed by atoms with Crippen LogP contribution in [-0.4, -0.2) is 0 Å². The average molecular weight is 152 g/mol. The summed E-state index contributed by atoms with van der Waals surface area (Å²) in [6.45, 7) is 13.5. The molecule has 0 radical (unpaired) electrons. The van der Waals surface area contributed by atoms with Gasteiger partial charge in [0.25, 0.3) is 0 Å². The van der Waals surface area contributed by atoms with Crippen molar-refractivity contribution in [3.8, 4) is 0 Å². The summed E-state index contributed by atoms with van der Waals surface area (Å²) in [6, 6.07) is 0. The summed E-state index contributed by atoms with van der Waals surface area (Å²) in [5.41, 5.74) is 1.09. The fraction of sp³-hybridized carbons (Fsp3) is 0.455. The molecule has 0 saturated heterocycles. The van der Waals surface area contributed by atoms with Crippen molar-refractivity contribution in [2.24, 2.45) is 0 Å². The lowest BCUT2D eigenvalue weighted by Gasteiger charge is -1.81. The molecule has 0 fully saturated rings. The molecule has 11 heavy (non-hydrogen) atoms. The lowest BCUT2D eigenvalue weighted by molar-refractivity contribution is 1.09. The van der Waals surface area contributed by atoms with E-state index in [4.69, 9.17) is 0 Å². The number of hydrogen-bond donors (Lipinski definition) is 0. The summed E-state index contributed by atoms with van der Waals surface area (Å²) in [6.07, 6.45) is 8.07. The molecule has 0 spiro atoms. The van der Waals surface area contributed by atoms with Gasteiger partial charge in [-0.15, -0.1) is 6.58 Å². The SMILES string of the molecule is C=CC/C=C\C(=C)C.CCC. The molecule has 0 heteroatoms. The highest BCUT2D eigenvalue weighted by Gasteiger charge is 1.69. The van der Waals surface area contributed by atoms with Crippen molar-refractivity contribution in [2.75, 3.05) is 0 Å². The summed E-state index contributed by atoms with van der Waals surface area (Å²) in [4.78, 5) is 0. The van der Waals surface area contributed by atoms with Crippen LogP contribution in [0, 0.1) is 0 Å². The predicted molar refractivity (Wildman–Crippen MR) is 54.7 cm³/mol. The van der Waals surface area contributed by atoms with Gasteiger partial charge in [0, 0.05) is 0 Å². The van der Waals surface area contributed by atoms with Crippen LogP contribution < -0.4 is 0 Å². The first kappa shape index (κ1) is 12.9. The van der Waals surface area contributed by atoms with Crippen LogP contribution in [-0.2, 0) is 0 Å². The van der Waals surface area contributed by atoms with E-state index in [1.165, 1.54) is 6.42 Å². The molecule has 0 unspecified atom stereocenters. The molecule has 0 saturated carbocycles. The summed E-state index contributed by atoms with van der Waals surface area (Å²) in [5.74, 6) is 0. The minimum Gasteiger partial charge on any atom is -0.103 e. The smallest absolute Gasteiger partial charge is 0.0169 e. The summed E-state index contributed by atoms with van der Waals surface area (Å²) < 4.78 is 0. The second kappa shape index (κ2) is 12.0. The van der Waals surface area contributed by atoms with E-state index in [0.29, 0.717) is 0 Å². The van der Waals surface area contributed by atoms with Crippen LogP contribution in [0.3, 0.4) is 0 Å². The second-order valence-corrected chi connectivity index (χ2v) is 2.48. The summed E-state index contributed by atoms with van der Waals surface area (Å²) in [5, 5.41) is 0. The molecule has 0 N–H and O–H groups in total. The van der Waals surface area contributed by atoms with Crippen LogP contribution in [0.2, 0.25) is 0 Å². The Kier molecular flexibility index (Phi) is 14.0. The molecule has 0 aromatic carbocycles. The lowest BCUT2D eigenvalue weighted by atomic mass is 10.3. The van der Waals surface area contributed by atoms with Crippen LogP contribution in [0.1, 0.15) is 33.6 Å². The molecule has 0 heterocycles. The fourth-order valence-corrected chi connectivity index (χ4v) is 0.365. The second-order valence-electron chi connectivity index (χ2n) is 2.48. The normalized spacial score (nSPS) is 8.64. The van der Waals surface area contributed by atoms with Crippen LogP contribution in [0.4, 0.5) is 0 Å². The van der Waals surface area contributed by atoms with Crippen molar-refractivity contribution in [1.29, 1.82) is 0 Å². The maximum atomic E-state index is 3.71. The Morgan fingerprint density at radius 2 is 1.82 bits per heavy atom. The fourth-order valence-electron chi connectivity index (χ4n) is 0.365. The van der Waals surface area contributed by atoms with Crippen LogP contribution in [0.15, 0.2) is 37.0 Å². The Hall–Kier alpha value is -0.780. The third-order valence-electron chi connectivity index (χ3n) is 0.705. The molecule has 0 aliphatic carbocycles. The standard InChI is InChI=1S/C8H12.C3H8/c1-4-5-6-7-8(2)3;1-3-2/h4,6-7H,1-2,5H2,3H3;3H2,1-2H3/b7-6-;. The third kappa shape index (κ3) is 27.0. The third-order valence-corrected chi connectivity index (χ3v) is 0.705. The van der Waals surface area contributed by atoms with Crippen LogP contribution in [0.25, 0.3) is 0 Å². The molecule has 0 bridgehead atoms. The van der Waals surface area contributed by atoms with E-state index in [0.717, 1.165) is 12.0 Å². The summed E-state index contributed by atoms with van der Waals surface area (Å²) >= 11 is 0. The molecule has 0 aliphatic rings. The molecule has 0 aliphatic heterocycles. The zero-order chi connectivity index (χ0) is 9.11. The van der Waals surface area contributed by atoms with Gasteiger partial charge in [-0.1, -0.05) is 50.6 Å². The Balaban J connectivity index is 0. The van der Waals surface area contributed by atoms with Gasteiger partial charge in [0.1, 0.15) is 0 Å². The maximum Gasteiger partial charge on any atom is -0.0169 e. The first-order valence-corrected chi connectivity index (χ1v) is 4.11. The molecule has 0 amide bonds. The quantitative estimate of drug-likeness (QED) is 0.421. The van der Waals surface area contributed by atoms with E-state index in [9.17, 15) is 0 Å². The monoisotopic (exact) mass is 152 g/mol. The highest BCUT2D eigenvalue weighted by atomic mass is 13.8. The van der Waals surface area contributed by atoms with Gasteiger partial charge in [-0.05, 0) is 13.3 Å². The van der Waals surface area contributed by atoms with Crippen LogP contribution >= 0.6 is 0 Å². The molecule has 0 atom stereocenters. The Bertz CT molecular complexity index is 118. The van der Waals surface area contributed by atoms with Gasteiger partial charge in [0.15, 0.2) is 0 Å². The van der Waals surface area contributed by atoms with E-state index >= 15 is 0 Å². The largest absolute Gasteiger partial charge is 0.103 e. The highest BCUT2D eigenvalue weighted by molar-refractivity contribution is 5.11. The first-order valence-electron chi connectivity index (χ1n) is 4.11. The van der Waals surface area contributed by atoms with E-state index in [2.05, 4.69) is 27.0 Å². The van der Waals surface area contributed by atoms with Crippen molar-refractivity contribution in [2.45, 2.75) is 33.6 Å². The lowest BCUT2D eigenvalue weighted by Crippen LogP contribution is -1.59. The van der Waals surface area contributed by atoms with E-state index in [1.807, 2.05) is 25.2 Å². The average Bonchev–Trinajstić information content (AvgIpc) is 1.89. The number of hydrogen-bond acceptors (Lipinski definition) is 0. The molecule has 0 aromatic rings. The van der Waals surface area contributed by atoms with Gasteiger partial charge in [0.2, 0.25) is 0 Å². The Labute approximate surface area is 71.3 Å². The number of rotatable bonds is 3. The molecule has 0 aromatic heterocycles. The van der Waals surface area contributed by atoms with Crippen molar-refractivity contribution in [3.63, 3.8) is 0 Å². The van der Waals surface area contributed by atoms with Crippen molar-refractivity contribution >= 4 is 0 Å². The van der Waals surface area contributed by atoms with Crippen molar-refractivity contribution in [3.05, 3.63) is 37.0 Å². The van der Waals surface area contributed by atoms with E-state index in [-0.39, 0.29) is 0 Å². The minimum atomic E-state index is 0.937. The first-order chi connectivity index (χ1) is 5.18.